The number of hydrogen-bond acceptors (Lipinski definition) is 5. The summed E-state index contributed by atoms with van der Waals surface area (Å²) >= 11 is 1.35. The summed E-state index contributed by atoms with van der Waals surface area (Å²) in [6.07, 6.45) is 2.14. The van der Waals surface area contributed by atoms with Crippen molar-refractivity contribution in [2.45, 2.75) is 32.8 Å². The molecule has 2 aromatic rings. The quantitative estimate of drug-likeness (QED) is 0.860. The van der Waals surface area contributed by atoms with Crippen LogP contribution in [-0.2, 0) is 0 Å². The second-order valence-corrected chi connectivity index (χ2v) is 5.46. The van der Waals surface area contributed by atoms with E-state index >= 15 is 0 Å². The Labute approximate surface area is 120 Å². The van der Waals surface area contributed by atoms with Gasteiger partial charge in [-0.3, -0.25) is 14.0 Å². The molecule has 0 saturated carbocycles. The van der Waals surface area contributed by atoms with E-state index in [1.807, 2.05) is 12.3 Å². The highest BCUT2D eigenvalue weighted by molar-refractivity contribution is 7.15. The normalized spacial score (nSPS) is 12.6. The molecule has 0 aliphatic heterocycles. The first-order valence-corrected chi connectivity index (χ1v) is 7.34. The van der Waals surface area contributed by atoms with Crippen LogP contribution < -0.4 is 10.9 Å². The summed E-state index contributed by atoms with van der Waals surface area (Å²) in [7, 11) is 0. The molecule has 1 atom stereocenters. The lowest BCUT2D eigenvalue weighted by molar-refractivity contribution is 0.0908. The fraction of sp³-hybridized carbons (Fsp3) is 0.462. The van der Waals surface area contributed by atoms with E-state index < -0.39 is 12.0 Å². The minimum Gasteiger partial charge on any atom is -0.391 e. The molecule has 0 fully saturated rings. The number of thiazole rings is 1. The van der Waals surface area contributed by atoms with Crippen molar-refractivity contribution in [2.24, 2.45) is 0 Å². The van der Waals surface area contributed by atoms with E-state index in [0.29, 0.717) is 11.4 Å². The smallest absolute Gasteiger partial charge is 0.271 e. The molecular formula is C13H17N3O3S. The molecule has 20 heavy (non-hydrogen) atoms. The Morgan fingerprint density at radius 3 is 3.05 bits per heavy atom. The first-order valence-electron chi connectivity index (χ1n) is 6.46. The van der Waals surface area contributed by atoms with Crippen molar-refractivity contribution < 1.29 is 9.90 Å². The summed E-state index contributed by atoms with van der Waals surface area (Å²) in [4.78, 5) is 28.9. The van der Waals surface area contributed by atoms with Gasteiger partial charge in [-0.2, -0.15) is 0 Å². The van der Waals surface area contributed by atoms with Crippen LogP contribution in [0, 0.1) is 6.92 Å². The highest BCUT2D eigenvalue weighted by Crippen LogP contribution is 2.10. The molecule has 2 heterocycles. The Hall–Kier alpha value is -1.73. The average molecular weight is 295 g/mol. The van der Waals surface area contributed by atoms with Gasteiger partial charge in [-0.05, 0) is 13.3 Å². The van der Waals surface area contributed by atoms with Crippen molar-refractivity contribution >= 4 is 22.2 Å². The van der Waals surface area contributed by atoms with Gasteiger partial charge in [0.05, 0.1) is 6.10 Å². The van der Waals surface area contributed by atoms with Gasteiger partial charge in [0.25, 0.3) is 11.5 Å². The van der Waals surface area contributed by atoms with Crippen LogP contribution in [0.4, 0.5) is 0 Å². The number of hydrogen-bond donors (Lipinski definition) is 2. The van der Waals surface area contributed by atoms with Gasteiger partial charge in [0.2, 0.25) is 0 Å². The molecule has 2 aromatic heterocycles. The van der Waals surface area contributed by atoms with Crippen molar-refractivity contribution in [3.05, 3.63) is 33.2 Å². The fourth-order valence-electron chi connectivity index (χ4n) is 1.92. The number of nitrogens with zero attached hydrogens (tertiary/aromatic N) is 2. The minimum absolute atomic E-state index is 0.00676. The first kappa shape index (κ1) is 14.7. The van der Waals surface area contributed by atoms with E-state index in [1.165, 1.54) is 21.9 Å². The number of rotatable bonds is 5. The Balaban J connectivity index is 2.20. The summed E-state index contributed by atoms with van der Waals surface area (Å²) in [5.41, 5.74) is 0.368. The summed E-state index contributed by atoms with van der Waals surface area (Å²) < 4.78 is 1.42. The van der Waals surface area contributed by atoms with Gasteiger partial charge in [-0.25, -0.2) is 4.98 Å². The lowest BCUT2D eigenvalue weighted by Gasteiger charge is -2.10. The highest BCUT2D eigenvalue weighted by atomic mass is 32.1. The third kappa shape index (κ3) is 2.88. The number of amides is 1. The van der Waals surface area contributed by atoms with Crippen LogP contribution in [0.15, 0.2) is 16.4 Å². The average Bonchev–Trinajstić information content (AvgIpc) is 2.79. The van der Waals surface area contributed by atoms with Gasteiger partial charge in [0.1, 0.15) is 5.56 Å². The minimum atomic E-state index is -0.591. The zero-order valence-electron chi connectivity index (χ0n) is 11.4. The third-order valence-corrected chi connectivity index (χ3v) is 3.94. The molecule has 0 bridgehead atoms. The molecule has 2 rings (SSSR count). The van der Waals surface area contributed by atoms with Crippen LogP contribution in [-0.4, -0.2) is 33.0 Å². The molecule has 0 radical (unpaired) electrons. The van der Waals surface area contributed by atoms with E-state index in [2.05, 4.69) is 10.3 Å². The van der Waals surface area contributed by atoms with E-state index in [0.717, 1.165) is 12.1 Å². The molecule has 7 heteroatoms. The molecule has 1 unspecified atom stereocenters. The number of nitrogens with one attached hydrogen (secondary N) is 1. The van der Waals surface area contributed by atoms with E-state index in [-0.39, 0.29) is 17.7 Å². The topological polar surface area (TPSA) is 83.7 Å². The molecular weight excluding hydrogens is 278 g/mol. The molecule has 0 saturated heterocycles. The van der Waals surface area contributed by atoms with Crippen LogP contribution in [0.5, 0.6) is 0 Å². The SMILES string of the molecule is CCCC(O)CNC(=O)c1cnc2scc(C)n2c1=O. The molecule has 1 amide bonds. The summed E-state index contributed by atoms with van der Waals surface area (Å²) in [5, 5.41) is 14.0. The zero-order valence-corrected chi connectivity index (χ0v) is 12.2. The van der Waals surface area contributed by atoms with E-state index in [4.69, 9.17) is 0 Å². The van der Waals surface area contributed by atoms with Gasteiger partial charge in [-0.1, -0.05) is 13.3 Å². The van der Waals surface area contributed by atoms with Gasteiger partial charge >= 0.3 is 0 Å². The Kier molecular flexibility index (Phi) is 4.51. The molecule has 0 aromatic carbocycles. The first-order chi connectivity index (χ1) is 9.54. The van der Waals surface area contributed by atoms with E-state index in [9.17, 15) is 14.7 Å². The van der Waals surface area contributed by atoms with Gasteiger partial charge < -0.3 is 10.4 Å². The number of fused-ring (bicyclic) bond motifs is 1. The molecule has 6 nitrogen and oxygen atoms in total. The number of carbonyl (C=O) groups excluding carboxylic acids is 1. The monoisotopic (exact) mass is 295 g/mol. The summed E-state index contributed by atoms with van der Waals surface area (Å²) in [5.74, 6) is -0.502. The van der Waals surface area contributed by atoms with Crippen molar-refractivity contribution in [2.75, 3.05) is 6.54 Å². The second-order valence-electron chi connectivity index (χ2n) is 4.62. The highest BCUT2D eigenvalue weighted by Gasteiger charge is 2.15. The van der Waals surface area contributed by atoms with Crippen molar-refractivity contribution in [3.63, 3.8) is 0 Å². The molecule has 108 valence electrons. The molecule has 2 N–H and O–H groups in total. The van der Waals surface area contributed by atoms with Crippen LogP contribution in [0.2, 0.25) is 0 Å². The summed E-state index contributed by atoms with van der Waals surface area (Å²) in [6.45, 7) is 3.88. The maximum atomic E-state index is 12.2. The molecule has 0 aliphatic rings. The van der Waals surface area contributed by atoms with E-state index in [1.54, 1.807) is 6.92 Å². The van der Waals surface area contributed by atoms with Crippen LogP contribution >= 0.6 is 11.3 Å². The lowest BCUT2D eigenvalue weighted by atomic mass is 10.2. The van der Waals surface area contributed by atoms with Crippen molar-refractivity contribution in [3.8, 4) is 0 Å². The van der Waals surface area contributed by atoms with Crippen LogP contribution in [0.25, 0.3) is 4.96 Å². The predicted octanol–water partition coefficient (Wildman–Crippen LogP) is 0.955. The maximum absolute atomic E-state index is 12.2. The van der Waals surface area contributed by atoms with Gasteiger partial charge in [-0.15, -0.1) is 11.3 Å². The van der Waals surface area contributed by atoms with Gasteiger partial charge in [0.15, 0.2) is 4.96 Å². The van der Waals surface area contributed by atoms with Crippen molar-refractivity contribution in [1.29, 1.82) is 0 Å². The standard InChI is InChI=1S/C13H17N3O3S/c1-3-4-9(17)5-14-11(18)10-6-15-13-16(12(10)19)8(2)7-20-13/h6-7,9,17H,3-5H2,1-2H3,(H,14,18). The number of aliphatic hydroxyl groups excluding tert-OH is 1. The second kappa shape index (κ2) is 6.15. The largest absolute Gasteiger partial charge is 0.391 e. The number of carbonyl (C=O) groups is 1. The Morgan fingerprint density at radius 1 is 1.60 bits per heavy atom. The third-order valence-electron chi connectivity index (χ3n) is 2.98. The van der Waals surface area contributed by atoms with Crippen molar-refractivity contribution in [1.82, 2.24) is 14.7 Å². The number of aliphatic hydroxyl groups is 1. The lowest BCUT2D eigenvalue weighted by Crippen LogP contribution is -2.36. The summed E-state index contributed by atoms with van der Waals surface area (Å²) in [6, 6.07) is 0. The zero-order chi connectivity index (χ0) is 14.7. The van der Waals surface area contributed by atoms with Gasteiger partial charge in [0, 0.05) is 23.8 Å². The Morgan fingerprint density at radius 2 is 2.35 bits per heavy atom. The fourth-order valence-corrected chi connectivity index (χ4v) is 2.75. The molecule has 0 aliphatic carbocycles. The van der Waals surface area contributed by atoms with Crippen LogP contribution in [0.1, 0.15) is 35.8 Å². The maximum Gasteiger partial charge on any atom is 0.271 e. The Bertz CT molecular complexity index is 677. The molecule has 0 spiro atoms. The van der Waals surface area contributed by atoms with Crippen LogP contribution in [0.3, 0.4) is 0 Å². The number of aromatic nitrogens is 2. The number of aryl methyl sites for hydroxylation is 1. The predicted molar refractivity (Wildman–Crippen MR) is 77.3 cm³/mol.